The first-order valence-electron chi connectivity index (χ1n) is 5.72. The van der Waals surface area contributed by atoms with E-state index in [1.807, 2.05) is 0 Å². The lowest BCUT2D eigenvalue weighted by molar-refractivity contribution is 0.429. The van der Waals surface area contributed by atoms with Crippen molar-refractivity contribution in [3.8, 4) is 0 Å². The molecular weight excluding hydrogens is 254 g/mol. The molecule has 0 bridgehead atoms. The Morgan fingerprint density at radius 1 is 1.60 bits per heavy atom. The van der Waals surface area contributed by atoms with Crippen molar-refractivity contribution in [3.63, 3.8) is 0 Å². The molecule has 1 aliphatic heterocycles. The summed E-state index contributed by atoms with van der Waals surface area (Å²) in [5.41, 5.74) is 7.04. The number of fused-ring (bicyclic) bond motifs is 1. The van der Waals surface area contributed by atoms with Crippen LogP contribution in [0.25, 0.3) is 0 Å². The molecule has 0 saturated carbocycles. The lowest BCUT2D eigenvalue weighted by Gasteiger charge is -2.25. The molecule has 0 saturated heterocycles. The highest BCUT2D eigenvalue weighted by atomic mass is 79.9. The molecule has 2 N–H and O–H groups in total. The van der Waals surface area contributed by atoms with Crippen molar-refractivity contribution < 1.29 is 0 Å². The highest BCUT2D eigenvalue weighted by molar-refractivity contribution is 9.10. The van der Waals surface area contributed by atoms with Crippen LogP contribution in [0.1, 0.15) is 43.6 Å². The molecule has 1 unspecified atom stereocenters. The lowest BCUT2D eigenvalue weighted by Crippen LogP contribution is -2.19. The number of nitrogens with two attached hydrogens (primary N) is 1. The maximum absolute atomic E-state index is 5.66. The predicted molar refractivity (Wildman–Crippen MR) is 65.0 cm³/mol. The highest BCUT2D eigenvalue weighted by Gasteiger charge is 2.25. The SMILES string of the molecule is CCc1nc(Br)c2n1CCCC2CCN. The molecular formula is C11H18BrN3. The van der Waals surface area contributed by atoms with E-state index in [4.69, 9.17) is 5.73 Å². The van der Waals surface area contributed by atoms with E-state index in [-0.39, 0.29) is 0 Å². The third kappa shape index (κ3) is 1.97. The van der Waals surface area contributed by atoms with Gasteiger partial charge < -0.3 is 10.3 Å². The maximum atomic E-state index is 5.66. The smallest absolute Gasteiger partial charge is 0.127 e. The number of aromatic nitrogens is 2. The van der Waals surface area contributed by atoms with Crippen molar-refractivity contribution >= 4 is 15.9 Å². The number of hydrogen-bond acceptors (Lipinski definition) is 2. The molecule has 0 spiro atoms. The van der Waals surface area contributed by atoms with Crippen molar-refractivity contribution in [2.45, 2.75) is 45.1 Å². The van der Waals surface area contributed by atoms with Crippen LogP contribution in [0.15, 0.2) is 4.60 Å². The number of hydrogen-bond donors (Lipinski definition) is 1. The largest absolute Gasteiger partial charge is 0.331 e. The Morgan fingerprint density at radius 3 is 3.07 bits per heavy atom. The molecule has 1 aromatic heterocycles. The van der Waals surface area contributed by atoms with Crippen LogP contribution in [0.4, 0.5) is 0 Å². The van der Waals surface area contributed by atoms with Crippen LogP contribution in [0.2, 0.25) is 0 Å². The van der Waals surface area contributed by atoms with E-state index >= 15 is 0 Å². The van der Waals surface area contributed by atoms with E-state index in [1.165, 1.54) is 24.4 Å². The van der Waals surface area contributed by atoms with Crippen molar-refractivity contribution in [2.75, 3.05) is 6.54 Å². The summed E-state index contributed by atoms with van der Waals surface area (Å²) in [5, 5.41) is 0. The van der Waals surface area contributed by atoms with E-state index in [9.17, 15) is 0 Å². The molecule has 1 aromatic rings. The Hall–Kier alpha value is -0.350. The molecule has 0 radical (unpaired) electrons. The fraction of sp³-hybridized carbons (Fsp3) is 0.727. The van der Waals surface area contributed by atoms with Gasteiger partial charge in [-0.15, -0.1) is 0 Å². The quantitative estimate of drug-likeness (QED) is 0.918. The van der Waals surface area contributed by atoms with Gasteiger partial charge in [-0.2, -0.15) is 0 Å². The third-order valence-electron chi connectivity index (χ3n) is 3.19. The molecule has 1 atom stereocenters. The van der Waals surface area contributed by atoms with Gasteiger partial charge in [-0.05, 0) is 41.7 Å². The van der Waals surface area contributed by atoms with Crippen molar-refractivity contribution in [3.05, 3.63) is 16.1 Å². The van der Waals surface area contributed by atoms with Crippen molar-refractivity contribution in [2.24, 2.45) is 5.73 Å². The summed E-state index contributed by atoms with van der Waals surface area (Å²) in [7, 11) is 0. The fourth-order valence-corrected chi connectivity index (χ4v) is 3.25. The average Bonchev–Trinajstić information content (AvgIpc) is 2.57. The zero-order chi connectivity index (χ0) is 10.8. The first-order valence-corrected chi connectivity index (χ1v) is 6.52. The van der Waals surface area contributed by atoms with Crippen LogP contribution in [0.5, 0.6) is 0 Å². The Labute approximate surface area is 99.2 Å². The topological polar surface area (TPSA) is 43.8 Å². The van der Waals surface area contributed by atoms with Gasteiger partial charge in [-0.1, -0.05) is 6.92 Å². The zero-order valence-electron chi connectivity index (χ0n) is 9.17. The summed E-state index contributed by atoms with van der Waals surface area (Å²) >= 11 is 3.58. The molecule has 0 amide bonds. The molecule has 2 heterocycles. The summed E-state index contributed by atoms with van der Waals surface area (Å²) in [6.45, 7) is 4.05. The summed E-state index contributed by atoms with van der Waals surface area (Å²) in [4.78, 5) is 4.58. The standard InChI is InChI=1S/C11H18BrN3/c1-2-9-14-11(12)10-8(5-6-13)4-3-7-15(9)10/h8H,2-7,13H2,1H3. The minimum Gasteiger partial charge on any atom is -0.331 e. The molecule has 4 heteroatoms. The molecule has 84 valence electrons. The van der Waals surface area contributed by atoms with Gasteiger partial charge in [0, 0.05) is 18.9 Å². The maximum Gasteiger partial charge on any atom is 0.127 e. The summed E-state index contributed by atoms with van der Waals surface area (Å²) in [5.74, 6) is 1.81. The monoisotopic (exact) mass is 271 g/mol. The van der Waals surface area contributed by atoms with Gasteiger partial charge in [0.15, 0.2) is 0 Å². The fourth-order valence-electron chi connectivity index (χ4n) is 2.50. The van der Waals surface area contributed by atoms with Gasteiger partial charge in [0.25, 0.3) is 0 Å². The second-order valence-corrected chi connectivity index (χ2v) is 4.88. The molecule has 0 fully saturated rings. The molecule has 0 aromatic carbocycles. The second-order valence-electron chi connectivity index (χ2n) is 4.13. The number of imidazole rings is 1. The first kappa shape index (κ1) is 11.1. The van der Waals surface area contributed by atoms with Crippen LogP contribution in [0.3, 0.4) is 0 Å². The van der Waals surface area contributed by atoms with Gasteiger partial charge >= 0.3 is 0 Å². The van der Waals surface area contributed by atoms with E-state index < -0.39 is 0 Å². The van der Waals surface area contributed by atoms with Crippen LogP contribution in [-0.2, 0) is 13.0 Å². The van der Waals surface area contributed by atoms with Crippen LogP contribution in [-0.4, -0.2) is 16.1 Å². The Kier molecular flexibility index (Phi) is 3.46. The summed E-state index contributed by atoms with van der Waals surface area (Å²) in [6, 6.07) is 0. The van der Waals surface area contributed by atoms with Crippen molar-refractivity contribution in [1.29, 1.82) is 0 Å². The van der Waals surface area contributed by atoms with Gasteiger partial charge in [-0.25, -0.2) is 4.98 Å². The summed E-state index contributed by atoms with van der Waals surface area (Å²) in [6.07, 6.45) is 4.60. The molecule has 3 nitrogen and oxygen atoms in total. The highest BCUT2D eigenvalue weighted by Crippen LogP contribution is 2.35. The zero-order valence-corrected chi connectivity index (χ0v) is 10.8. The third-order valence-corrected chi connectivity index (χ3v) is 3.78. The minimum absolute atomic E-state index is 0.603. The number of rotatable bonds is 3. The van der Waals surface area contributed by atoms with Gasteiger partial charge in [-0.3, -0.25) is 0 Å². The summed E-state index contributed by atoms with van der Waals surface area (Å²) < 4.78 is 3.42. The lowest BCUT2D eigenvalue weighted by atomic mass is 9.93. The predicted octanol–water partition coefficient (Wildman–Crippen LogP) is 2.43. The van der Waals surface area contributed by atoms with Gasteiger partial charge in [0.1, 0.15) is 10.4 Å². The average molecular weight is 272 g/mol. The van der Waals surface area contributed by atoms with E-state index in [1.54, 1.807) is 0 Å². The Morgan fingerprint density at radius 2 is 2.40 bits per heavy atom. The van der Waals surface area contributed by atoms with Crippen LogP contribution >= 0.6 is 15.9 Å². The van der Waals surface area contributed by atoms with E-state index in [0.29, 0.717) is 5.92 Å². The second kappa shape index (κ2) is 4.66. The van der Waals surface area contributed by atoms with Crippen LogP contribution < -0.4 is 5.73 Å². The first-order chi connectivity index (χ1) is 7.27. The Balaban J connectivity index is 2.37. The number of aryl methyl sites for hydroxylation is 1. The van der Waals surface area contributed by atoms with Crippen LogP contribution in [0, 0.1) is 0 Å². The van der Waals surface area contributed by atoms with E-state index in [0.717, 1.165) is 30.5 Å². The van der Waals surface area contributed by atoms with Gasteiger partial charge in [0.2, 0.25) is 0 Å². The van der Waals surface area contributed by atoms with Gasteiger partial charge in [0.05, 0.1) is 5.69 Å². The molecule has 2 rings (SSSR count). The molecule has 0 aliphatic carbocycles. The molecule has 1 aliphatic rings. The van der Waals surface area contributed by atoms with E-state index in [2.05, 4.69) is 32.4 Å². The van der Waals surface area contributed by atoms with Crippen molar-refractivity contribution in [1.82, 2.24) is 9.55 Å². The number of halogens is 1. The number of nitrogens with zero attached hydrogens (tertiary/aromatic N) is 2. The molecule has 15 heavy (non-hydrogen) atoms. The minimum atomic E-state index is 0.603. The Bertz CT molecular complexity index is 346. The normalized spacial score (nSPS) is 20.3.